The molecule has 0 amide bonds. The highest BCUT2D eigenvalue weighted by Crippen LogP contribution is 2.29. The van der Waals surface area contributed by atoms with E-state index in [1.807, 2.05) is 6.92 Å². The second kappa shape index (κ2) is 3.71. The third-order valence-corrected chi connectivity index (χ3v) is 3.47. The van der Waals surface area contributed by atoms with Crippen LogP contribution in [-0.4, -0.2) is 4.98 Å². The van der Waals surface area contributed by atoms with Gasteiger partial charge in [0, 0.05) is 5.56 Å². The van der Waals surface area contributed by atoms with Crippen molar-refractivity contribution in [2.45, 2.75) is 11.1 Å². The molecule has 2 rings (SSSR count). The van der Waals surface area contributed by atoms with E-state index in [2.05, 4.69) is 17.6 Å². The largest absolute Gasteiger partial charge is 0.240 e. The Balaban J connectivity index is 2.44. The molecule has 0 fully saturated rings. The monoisotopic (exact) mass is 225 g/mol. The van der Waals surface area contributed by atoms with Crippen molar-refractivity contribution >= 4 is 24.0 Å². The number of aryl methyl sites for hydroxylation is 1. The van der Waals surface area contributed by atoms with Crippen LogP contribution in [0.1, 0.15) is 5.69 Å². The number of hydrogen-bond acceptors (Lipinski definition) is 3. The van der Waals surface area contributed by atoms with Gasteiger partial charge < -0.3 is 0 Å². The van der Waals surface area contributed by atoms with Gasteiger partial charge in [-0.05, 0) is 31.2 Å². The van der Waals surface area contributed by atoms with Crippen molar-refractivity contribution in [1.82, 2.24) is 4.98 Å². The first-order valence-corrected chi connectivity index (χ1v) is 5.35. The van der Waals surface area contributed by atoms with Crippen molar-refractivity contribution < 1.29 is 4.39 Å². The quantitative estimate of drug-likeness (QED) is 0.732. The second-order valence-corrected chi connectivity index (χ2v) is 4.67. The van der Waals surface area contributed by atoms with Gasteiger partial charge in [0.2, 0.25) is 0 Å². The summed E-state index contributed by atoms with van der Waals surface area (Å²) in [5.41, 5.74) is 1.84. The molecule has 2 aromatic rings. The highest BCUT2D eigenvalue weighted by Gasteiger charge is 2.06. The van der Waals surface area contributed by atoms with E-state index in [0.717, 1.165) is 20.5 Å². The Morgan fingerprint density at radius 3 is 2.43 bits per heavy atom. The number of aromatic nitrogens is 1. The molecule has 0 aliphatic rings. The Hall–Kier alpha value is -0.870. The molecule has 14 heavy (non-hydrogen) atoms. The molecule has 0 atom stereocenters. The Bertz CT molecular complexity index is 428. The topological polar surface area (TPSA) is 12.9 Å². The van der Waals surface area contributed by atoms with Crippen LogP contribution in [0, 0.1) is 12.7 Å². The summed E-state index contributed by atoms with van der Waals surface area (Å²) in [6.45, 7) is 1.91. The van der Waals surface area contributed by atoms with E-state index in [1.54, 1.807) is 12.1 Å². The SMILES string of the molecule is Cc1nc(-c2ccc(F)cc2)sc1S. The Kier molecular flexibility index (Phi) is 2.56. The minimum absolute atomic E-state index is 0.229. The van der Waals surface area contributed by atoms with Gasteiger partial charge in [0.1, 0.15) is 10.8 Å². The molecule has 0 radical (unpaired) electrons. The van der Waals surface area contributed by atoms with Gasteiger partial charge in [-0.15, -0.1) is 24.0 Å². The van der Waals surface area contributed by atoms with Gasteiger partial charge >= 0.3 is 0 Å². The highest BCUT2D eigenvalue weighted by atomic mass is 32.2. The maximum absolute atomic E-state index is 12.7. The molecule has 0 unspecified atom stereocenters. The van der Waals surface area contributed by atoms with E-state index in [4.69, 9.17) is 0 Å². The second-order valence-electron chi connectivity index (χ2n) is 2.92. The summed E-state index contributed by atoms with van der Waals surface area (Å²) in [6.07, 6.45) is 0. The van der Waals surface area contributed by atoms with Gasteiger partial charge in [-0.1, -0.05) is 0 Å². The lowest BCUT2D eigenvalue weighted by Gasteiger charge is -1.94. The lowest BCUT2D eigenvalue weighted by atomic mass is 10.2. The van der Waals surface area contributed by atoms with Crippen LogP contribution in [0.15, 0.2) is 28.5 Å². The molecule has 1 nitrogen and oxygen atoms in total. The average Bonchev–Trinajstić information content (AvgIpc) is 2.48. The number of thiazole rings is 1. The van der Waals surface area contributed by atoms with Crippen LogP contribution >= 0.6 is 24.0 Å². The molecule has 0 aliphatic carbocycles. The molecular weight excluding hydrogens is 217 g/mol. The normalized spacial score (nSPS) is 10.5. The minimum Gasteiger partial charge on any atom is -0.240 e. The molecular formula is C10H8FNS2. The summed E-state index contributed by atoms with van der Waals surface area (Å²) in [5.74, 6) is -0.229. The summed E-state index contributed by atoms with van der Waals surface area (Å²) in [5, 5.41) is 0.882. The molecule has 1 aromatic carbocycles. The molecule has 0 saturated carbocycles. The van der Waals surface area contributed by atoms with Crippen LogP contribution < -0.4 is 0 Å². The maximum Gasteiger partial charge on any atom is 0.124 e. The summed E-state index contributed by atoms with van der Waals surface area (Å²) in [6, 6.07) is 6.32. The number of thiol groups is 1. The van der Waals surface area contributed by atoms with Crippen LogP contribution in [0.4, 0.5) is 4.39 Å². The summed E-state index contributed by atoms with van der Waals surface area (Å²) < 4.78 is 13.6. The Morgan fingerprint density at radius 1 is 1.29 bits per heavy atom. The first-order chi connectivity index (χ1) is 6.66. The molecule has 4 heteroatoms. The Labute approximate surface area is 91.0 Å². The van der Waals surface area contributed by atoms with Crippen molar-refractivity contribution in [2.75, 3.05) is 0 Å². The fraction of sp³-hybridized carbons (Fsp3) is 0.100. The first kappa shape index (κ1) is 9.68. The predicted molar refractivity (Wildman–Crippen MR) is 59.5 cm³/mol. The van der Waals surface area contributed by atoms with E-state index in [0.29, 0.717) is 0 Å². The Morgan fingerprint density at radius 2 is 1.93 bits per heavy atom. The van der Waals surface area contributed by atoms with Crippen LogP contribution in [0.25, 0.3) is 10.6 Å². The van der Waals surface area contributed by atoms with E-state index in [1.165, 1.54) is 23.5 Å². The third-order valence-electron chi connectivity index (χ3n) is 1.86. The lowest BCUT2D eigenvalue weighted by Crippen LogP contribution is -1.78. The van der Waals surface area contributed by atoms with Crippen LogP contribution in [0.5, 0.6) is 0 Å². The summed E-state index contributed by atoms with van der Waals surface area (Å²) >= 11 is 5.78. The molecule has 72 valence electrons. The molecule has 0 aliphatic heterocycles. The van der Waals surface area contributed by atoms with E-state index >= 15 is 0 Å². The number of rotatable bonds is 1. The van der Waals surface area contributed by atoms with Crippen molar-refractivity contribution in [3.05, 3.63) is 35.8 Å². The van der Waals surface area contributed by atoms with Crippen molar-refractivity contribution in [3.63, 3.8) is 0 Å². The standard InChI is InChI=1S/C10H8FNS2/c1-6-10(13)14-9(12-6)7-2-4-8(11)5-3-7/h2-5,13H,1H3. The van der Waals surface area contributed by atoms with Crippen LogP contribution in [0.3, 0.4) is 0 Å². The van der Waals surface area contributed by atoms with Crippen LogP contribution in [-0.2, 0) is 0 Å². The molecule has 0 bridgehead atoms. The number of hydrogen-bond donors (Lipinski definition) is 1. The zero-order valence-electron chi connectivity index (χ0n) is 7.49. The van der Waals surface area contributed by atoms with Gasteiger partial charge in [-0.25, -0.2) is 9.37 Å². The van der Waals surface area contributed by atoms with Gasteiger partial charge in [0.25, 0.3) is 0 Å². The summed E-state index contributed by atoms with van der Waals surface area (Å²) in [7, 11) is 0. The van der Waals surface area contributed by atoms with Crippen molar-refractivity contribution in [3.8, 4) is 10.6 Å². The maximum atomic E-state index is 12.7. The predicted octanol–water partition coefficient (Wildman–Crippen LogP) is 3.55. The smallest absolute Gasteiger partial charge is 0.124 e. The molecule has 0 spiro atoms. The van der Waals surface area contributed by atoms with E-state index in [-0.39, 0.29) is 5.82 Å². The van der Waals surface area contributed by atoms with Gasteiger partial charge in [0.05, 0.1) is 9.90 Å². The first-order valence-electron chi connectivity index (χ1n) is 4.09. The fourth-order valence-electron chi connectivity index (χ4n) is 1.10. The minimum atomic E-state index is -0.229. The van der Waals surface area contributed by atoms with Crippen molar-refractivity contribution in [1.29, 1.82) is 0 Å². The average molecular weight is 225 g/mol. The number of halogens is 1. The fourth-order valence-corrected chi connectivity index (χ4v) is 2.23. The number of benzene rings is 1. The van der Waals surface area contributed by atoms with Crippen molar-refractivity contribution in [2.24, 2.45) is 0 Å². The molecule has 1 heterocycles. The highest BCUT2D eigenvalue weighted by molar-refractivity contribution is 7.83. The third kappa shape index (κ3) is 1.81. The van der Waals surface area contributed by atoms with Gasteiger partial charge in [0.15, 0.2) is 0 Å². The van der Waals surface area contributed by atoms with Crippen LogP contribution in [0.2, 0.25) is 0 Å². The molecule has 0 N–H and O–H groups in total. The zero-order valence-corrected chi connectivity index (χ0v) is 9.20. The van der Waals surface area contributed by atoms with E-state index in [9.17, 15) is 4.39 Å². The lowest BCUT2D eigenvalue weighted by molar-refractivity contribution is 0.628. The zero-order chi connectivity index (χ0) is 10.1. The number of nitrogens with zero attached hydrogens (tertiary/aromatic N) is 1. The van der Waals surface area contributed by atoms with Gasteiger partial charge in [-0.2, -0.15) is 0 Å². The molecule has 0 saturated heterocycles. The summed E-state index contributed by atoms with van der Waals surface area (Å²) in [4.78, 5) is 4.33. The van der Waals surface area contributed by atoms with Gasteiger partial charge in [-0.3, -0.25) is 0 Å². The van der Waals surface area contributed by atoms with E-state index < -0.39 is 0 Å². The molecule has 1 aromatic heterocycles.